The van der Waals surface area contributed by atoms with E-state index in [1.165, 1.54) is 25.6 Å². The van der Waals surface area contributed by atoms with Crippen LogP contribution in [-0.4, -0.2) is 71.3 Å². The zero-order valence-electron chi connectivity index (χ0n) is 25.6. The molecule has 0 spiro atoms. The molecule has 44 heavy (non-hydrogen) atoms. The quantitative estimate of drug-likeness (QED) is 0.261. The number of fused-ring (bicyclic) bond motifs is 1. The van der Waals surface area contributed by atoms with Crippen LogP contribution in [0.5, 0.6) is 5.75 Å². The van der Waals surface area contributed by atoms with E-state index in [9.17, 15) is 18.8 Å². The number of benzene rings is 2. The Labute approximate surface area is 266 Å². The number of ether oxygens (including phenoxy) is 1. The zero-order chi connectivity index (χ0) is 32.3. The van der Waals surface area contributed by atoms with Gasteiger partial charge in [-0.15, -0.1) is 0 Å². The van der Waals surface area contributed by atoms with Gasteiger partial charge in [0.25, 0.3) is 0 Å². The highest BCUT2D eigenvalue weighted by Crippen LogP contribution is 2.35. The zero-order valence-corrected chi connectivity index (χ0v) is 27.1. The molecule has 2 amide bonds. The molecule has 0 bridgehead atoms. The van der Waals surface area contributed by atoms with Crippen molar-refractivity contribution in [2.45, 2.75) is 65.1 Å². The maximum Gasteiger partial charge on any atom is 0.246 e. The molecule has 0 saturated carbocycles. The molecule has 1 fully saturated rings. The first kappa shape index (κ1) is 33.4. The Morgan fingerprint density at radius 2 is 1.91 bits per heavy atom. The van der Waals surface area contributed by atoms with Crippen LogP contribution in [0.1, 0.15) is 46.1 Å². The van der Waals surface area contributed by atoms with Crippen molar-refractivity contribution in [1.29, 1.82) is 0 Å². The molecule has 4 rings (SSSR count). The summed E-state index contributed by atoms with van der Waals surface area (Å²) in [5.41, 5.74) is 0.542. The summed E-state index contributed by atoms with van der Waals surface area (Å²) < 4.78 is 20.4. The maximum absolute atomic E-state index is 14.8. The molecule has 236 valence electrons. The lowest BCUT2D eigenvalue weighted by atomic mass is 9.85. The number of ketones is 1. The number of halogens is 3. The molecule has 13 heteroatoms. The number of likely N-dealkylation sites (tertiary alicyclic amines) is 1. The van der Waals surface area contributed by atoms with Crippen LogP contribution in [0.15, 0.2) is 30.6 Å². The van der Waals surface area contributed by atoms with E-state index in [2.05, 4.69) is 25.9 Å². The molecule has 0 aliphatic carbocycles. The number of carbonyl (C=O) groups is 3. The highest BCUT2D eigenvalue weighted by molar-refractivity contribution is 6.42. The summed E-state index contributed by atoms with van der Waals surface area (Å²) in [4.78, 5) is 50.5. The normalized spacial score (nSPS) is 16.5. The second-order valence-electron chi connectivity index (χ2n) is 11.9. The van der Waals surface area contributed by atoms with Gasteiger partial charge in [0.05, 0.1) is 40.4 Å². The number of carbonyl (C=O) groups excluding carboxylic acids is 3. The molecule has 0 unspecified atom stereocenters. The van der Waals surface area contributed by atoms with Crippen LogP contribution in [0.25, 0.3) is 10.9 Å². The number of hydrogen-bond donors (Lipinski definition) is 3. The van der Waals surface area contributed by atoms with Crippen molar-refractivity contribution in [1.82, 2.24) is 25.5 Å². The van der Waals surface area contributed by atoms with Crippen LogP contribution in [0.2, 0.25) is 10.0 Å². The molecule has 3 aromatic rings. The molecule has 1 aliphatic heterocycles. The number of rotatable bonds is 10. The maximum atomic E-state index is 14.8. The molecule has 1 aliphatic rings. The van der Waals surface area contributed by atoms with Crippen LogP contribution >= 0.6 is 23.2 Å². The molecule has 3 N–H and O–H groups in total. The Kier molecular flexibility index (Phi) is 10.3. The van der Waals surface area contributed by atoms with Crippen LogP contribution in [-0.2, 0) is 20.8 Å². The topological polar surface area (TPSA) is 126 Å². The third kappa shape index (κ3) is 7.06. The summed E-state index contributed by atoms with van der Waals surface area (Å²) in [6, 6.07) is 4.36. The number of amides is 2. The van der Waals surface area contributed by atoms with Gasteiger partial charge >= 0.3 is 0 Å². The summed E-state index contributed by atoms with van der Waals surface area (Å²) in [5, 5.41) is 9.10. The molecular formula is C31H37Cl2FN6O4. The van der Waals surface area contributed by atoms with Crippen molar-refractivity contribution in [2.75, 3.05) is 26.0 Å². The largest absolute Gasteiger partial charge is 0.496 e. The number of likely N-dealkylation sites (N-methyl/N-ethyl adjacent to an activating group) is 1. The minimum atomic E-state index is -0.818. The molecule has 1 aromatic heterocycles. The van der Waals surface area contributed by atoms with E-state index in [1.807, 2.05) is 20.8 Å². The Hall–Kier alpha value is -3.54. The second-order valence-corrected chi connectivity index (χ2v) is 12.7. The van der Waals surface area contributed by atoms with E-state index in [0.717, 1.165) is 0 Å². The first-order valence-electron chi connectivity index (χ1n) is 14.3. The van der Waals surface area contributed by atoms with Gasteiger partial charge in [-0.1, -0.05) is 44.0 Å². The number of nitrogens with zero attached hydrogens (tertiary/aromatic N) is 3. The van der Waals surface area contributed by atoms with Gasteiger partial charge in [0, 0.05) is 30.0 Å². The van der Waals surface area contributed by atoms with Gasteiger partial charge in [-0.3, -0.25) is 14.4 Å². The van der Waals surface area contributed by atoms with Crippen molar-refractivity contribution >= 4 is 63.2 Å². The molecular weight excluding hydrogens is 610 g/mol. The lowest BCUT2D eigenvalue weighted by molar-refractivity contribution is -0.143. The monoisotopic (exact) mass is 646 g/mol. The predicted molar refractivity (Wildman–Crippen MR) is 169 cm³/mol. The number of nitrogens with one attached hydrogen (secondary N) is 3. The summed E-state index contributed by atoms with van der Waals surface area (Å²) >= 11 is 11.9. The second kappa shape index (κ2) is 13.6. The van der Waals surface area contributed by atoms with Gasteiger partial charge in [0.2, 0.25) is 11.8 Å². The van der Waals surface area contributed by atoms with Gasteiger partial charge in [0.1, 0.15) is 23.9 Å². The van der Waals surface area contributed by atoms with Gasteiger partial charge < -0.3 is 25.6 Å². The highest BCUT2D eigenvalue weighted by Gasteiger charge is 2.42. The average Bonchev–Trinajstić information content (AvgIpc) is 3.49. The molecule has 3 atom stereocenters. The first-order valence-corrected chi connectivity index (χ1v) is 15.0. The van der Waals surface area contributed by atoms with Crippen LogP contribution < -0.4 is 20.7 Å². The SMILES string of the molecule is CN[C@@H](C)C(=O)N[C@H](C(=O)N1CCC[C@H]1C(=O)Cc1cc2c(Nc3ccc(Cl)c(Cl)c3F)ncnc2cc1OC)C(C)(C)C. The standard InChI is InChI=1S/C31H37Cl2FN6O4/c1-16(35-5)29(42)39-27(31(2,3)4)30(43)40-11-7-8-22(40)23(41)13-17-12-18-21(14-24(17)44-6)36-15-37-28(18)38-20-10-9-19(32)25(33)26(20)34/h9-10,12,14-16,22,27,35H,7-8,11,13H2,1-6H3,(H,39,42)(H,36,37,38)/t16-,22-,27+/m0/s1. The van der Waals surface area contributed by atoms with Crippen molar-refractivity contribution in [3.05, 3.63) is 52.0 Å². The predicted octanol–water partition coefficient (Wildman–Crippen LogP) is 5.07. The fourth-order valence-corrected chi connectivity index (χ4v) is 5.50. The lowest BCUT2D eigenvalue weighted by Gasteiger charge is -2.36. The van der Waals surface area contributed by atoms with Crippen molar-refractivity contribution < 1.29 is 23.5 Å². The van der Waals surface area contributed by atoms with E-state index >= 15 is 0 Å². The van der Waals surface area contributed by atoms with Crippen molar-refractivity contribution in [2.24, 2.45) is 5.41 Å². The average molecular weight is 648 g/mol. The summed E-state index contributed by atoms with van der Waals surface area (Å²) in [5.74, 6) is -0.757. The van der Waals surface area contributed by atoms with Crippen LogP contribution in [0.3, 0.4) is 0 Å². The minimum Gasteiger partial charge on any atom is -0.496 e. The van der Waals surface area contributed by atoms with E-state index in [-0.39, 0.29) is 39.8 Å². The van der Waals surface area contributed by atoms with Gasteiger partial charge in [-0.05, 0) is 50.4 Å². The number of aromatic nitrogens is 2. The summed E-state index contributed by atoms with van der Waals surface area (Å²) in [6.07, 6.45) is 2.46. The first-order chi connectivity index (χ1) is 20.8. The number of Topliss-reactive ketones (excluding diaryl/α,β-unsaturated/α-hetero) is 1. The van der Waals surface area contributed by atoms with Gasteiger partial charge in [-0.25, -0.2) is 14.4 Å². The van der Waals surface area contributed by atoms with Gasteiger partial charge in [-0.2, -0.15) is 0 Å². The molecule has 10 nitrogen and oxygen atoms in total. The Morgan fingerprint density at radius 3 is 2.57 bits per heavy atom. The summed E-state index contributed by atoms with van der Waals surface area (Å²) in [7, 11) is 3.17. The number of methoxy groups -OCH3 is 1. The molecule has 2 aromatic carbocycles. The molecule has 1 saturated heterocycles. The highest BCUT2D eigenvalue weighted by atomic mass is 35.5. The van der Waals surface area contributed by atoms with Crippen molar-refractivity contribution in [3.63, 3.8) is 0 Å². The minimum absolute atomic E-state index is 0.0354. The molecule has 2 heterocycles. The van der Waals surface area contributed by atoms with Crippen LogP contribution in [0.4, 0.5) is 15.9 Å². The number of anilines is 2. The Morgan fingerprint density at radius 1 is 1.18 bits per heavy atom. The Bertz CT molecular complexity index is 1580. The van der Waals surface area contributed by atoms with Crippen molar-refractivity contribution in [3.8, 4) is 5.75 Å². The van der Waals surface area contributed by atoms with Gasteiger partial charge in [0.15, 0.2) is 11.6 Å². The molecule has 0 radical (unpaired) electrons. The smallest absolute Gasteiger partial charge is 0.246 e. The van der Waals surface area contributed by atoms with E-state index in [1.54, 1.807) is 31.0 Å². The third-order valence-corrected chi connectivity index (χ3v) is 8.61. The van der Waals surface area contributed by atoms with E-state index < -0.39 is 29.4 Å². The van der Waals surface area contributed by atoms with E-state index in [4.69, 9.17) is 27.9 Å². The fourth-order valence-electron chi connectivity index (χ4n) is 5.19. The van der Waals surface area contributed by atoms with Crippen LogP contribution in [0, 0.1) is 11.2 Å². The fraction of sp³-hybridized carbons (Fsp3) is 0.452. The Balaban J connectivity index is 1.62. The third-order valence-electron chi connectivity index (χ3n) is 7.82. The van der Waals surface area contributed by atoms with E-state index in [0.29, 0.717) is 47.4 Å². The lowest BCUT2D eigenvalue weighted by Crippen LogP contribution is -2.58. The summed E-state index contributed by atoms with van der Waals surface area (Å²) in [6.45, 7) is 7.76. The number of hydrogen-bond acceptors (Lipinski definition) is 8.